The molecule has 1 aromatic rings. The van der Waals surface area contributed by atoms with E-state index >= 15 is 0 Å². The highest BCUT2D eigenvalue weighted by Crippen LogP contribution is 2.33. The fraction of sp³-hybridized carbons (Fsp3) is 0.267. The molecule has 2 rings (SSSR count). The zero-order valence-electron chi connectivity index (χ0n) is 11.7. The number of carboxylic acid groups (broad SMARTS) is 1. The molecule has 0 atom stereocenters. The summed E-state index contributed by atoms with van der Waals surface area (Å²) in [6.45, 7) is 0.426. The molecule has 5 nitrogen and oxygen atoms in total. The van der Waals surface area contributed by atoms with Gasteiger partial charge >= 0.3 is 5.97 Å². The monoisotopic (exact) mass is 337 g/mol. The van der Waals surface area contributed by atoms with E-state index in [-0.39, 0.29) is 18.1 Å². The van der Waals surface area contributed by atoms with Crippen LogP contribution in [0.4, 0.5) is 0 Å². The molecule has 0 radical (unpaired) electrons. The van der Waals surface area contributed by atoms with E-state index in [2.05, 4.69) is 0 Å². The van der Waals surface area contributed by atoms with Crippen molar-refractivity contribution in [3.63, 3.8) is 0 Å². The first kappa shape index (κ1) is 16.5. The van der Waals surface area contributed by atoms with E-state index in [0.717, 1.165) is 5.56 Å². The lowest BCUT2D eigenvalue weighted by atomic mass is 10.2. The number of thiocarbonyl (C=S) groups is 1. The molecule has 7 heteroatoms. The summed E-state index contributed by atoms with van der Waals surface area (Å²) in [7, 11) is 0. The number of aliphatic carboxylic acids is 1. The second-order valence-electron chi connectivity index (χ2n) is 4.78. The Labute approximate surface area is 137 Å². The van der Waals surface area contributed by atoms with Crippen molar-refractivity contribution in [1.29, 1.82) is 0 Å². The average Bonchev–Trinajstić information content (AvgIpc) is 2.70. The molecule has 1 aromatic carbocycles. The predicted octanol–water partition coefficient (Wildman–Crippen LogP) is 2.85. The lowest BCUT2D eigenvalue weighted by molar-refractivity contribution is -0.137. The Balaban J connectivity index is 2.00. The maximum Gasteiger partial charge on any atom is 0.303 e. The molecule has 1 saturated heterocycles. The second kappa shape index (κ2) is 7.42. The summed E-state index contributed by atoms with van der Waals surface area (Å²) in [5, 5.41) is 18.0. The highest BCUT2D eigenvalue weighted by molar-refractivity contribution is 8.26. The average molecular weight is 337 g/mol. The van der Waals surface area contributed by atoms with Crippen LogP contribution in [-0.2, 0) is 9.59 Å². The zero-order chi connectivity index (χ0) is 16.1. The van der Waals surface area contributed by atoms with Gasteiger partial charge in [-0.1, -0.05) is 36.1 Å². The van der Waals surface area contributed by atoms with Crippen LogP contribution in [-0.4, -0.2) is 37.9 Å². The first-order valence-corrected chi connectivity index (χ1v) is 7.96. The molecular weight excluding hydrogens is 322 g/mol. The largest absolute Gasteiger partial charge is 0.508 e. The predicted molar refractivity (Wildman–Crippen MR) is 89.5 cm³/mol. The number of phenolic OH excluding ortho intramolecular Hbond substituents is 1. The maximum atomic E-state index is 12.3. The minimum absolute atomic E-state index is 0.0912. The third-order valence-corrected chi connectivity index (χ3v) is 4.44. The van der Waals surface area contributed by atoms with Crippen molar-refractivity contribution < 1.29 is 19.8 Å². The summed E-state index contributed by atoms with van der Waals surface area (Å²) in [6, 6.07) is 6.62. The minimum Gasteiger partial charge on any atom is -0.508 e. The van der Waals surface area contributed by atoms with E-state index < -0.39 is 5.97 Å². The van der Waals surface area contributed by atoms with E-state index in [1.165, 1.54) is 16.7 Å². The van der Waals surface area contributed by atoms with Crippen molar-refractivity contribution in [1.82, 2.24) is 4.90 Å². The highest BCUT2D eigenvalue weighted by Gasteiger charge is 2.31. The summed E-state index contributed by atoms with van der Waals surface area (Å²) in [5.41, 5.74) is 0.728. The fourth-order valence-electron chi connectivity index (χ4n) is 2.00. The number of phenols is 1. The van der Waals surface area contributed by atoms with Crippen molar-refractivity contribution in [2.45, 2.75) is 19.3 Å². The SMILES string of the molecule is O=C(O)CCCCN1C(=O)/C(=C\c2cccc(O)c2)SC1=S. The Morgan fingerprint density at radius 3 is 2.82 bits per heavy atom. The van der Waals surface area contributed by atoms with Crippen LogP contribution in [0.5, 0.6) is 5.75 Å². The Hall–Kier alpha value is -1.86. The molecule has 0 spiro atoms. The first-order chi connectivity index (χ1) is 10.5. The number of carbonyl (C=O) groups excluding carboxylic acids is 1. The molecule has 0 aliphatic carbocycles. The number of amides is 1. The fourth-order valence-corrected chi connectivity index (χ4v) is 3.31. The molecule has 22 heavy (non-hydrogen) atoms. The van der Waals surface area contributed by atoms with Gasteiger partial charge in [0, 0.05) is 13.0 Å². The van der Waals surface area contributed by atoms with Crippen molar-refractivity contribution in [2.75, 3.05) is 6.54 Å². The van der Waals surface area contributed by atoms with Crippen LogP contribution in [0.15, 0.2) is 29.2 Å². The highest BCUT2D eigenvalue weighted by atomic mass is 32.2. The van der Waals surface area contributed by atoms with Crippen LogP contribution in [0.25, 0.3) is 6.08 Å². The molecule has 1 fully saturated rings. The van der Waals surface area contributed by atoms with Gasteiger partial charge in [-0.3, -0.25) is 14.5 Å². The number of hydrogen-bond donors (Lipinski definition) is 2. The van der Waals surface area contributed by atoms with Gasteiger partial charge in [0.05, 0.1) is 4.91 Å². The number of thioether (sulfide) groups is 1. The number of rotatable bonds is 6. The summed E-state index contributed by atoms with van der Waals surface area (Å²) in [6.07, 6.45) is 2.89. The van der Waals surface area contributed by atoms with Crippen LogP contribution in [0, 0.1) is 0 Å². The standard InChI is InChI=1S/C15H15NO4S2/c17-11-5-3-4-10(8-11)9-12-14(20)16(15(21)22-12)7-2-1-6-13(18)19/h3-5,8-9,17H,1-2,6-7H2,(H,18,19)/b12-9+. The van der Waals surface area contributed by atoms with Crippen LogP contribution >= 0.6 is 24.0 Å². The van der Waals surface area contributed by atoms with Crippen LogP contribution < -0.4 is 0 Å². The molecule has 116 valence electrons. The van der Waals surface area contributed by atoms with Crippen molar-refractivity contribution in [3.8, 4) is 5.75 Å². The molecule has 1 heterocycles. The number of nitrogens with zero attached hydrogens (tertiary/aromatic N) is 1. The summed E-state index contributed by atoms with van der Waals surface area (Å²) >= 11 is 6.42. The van der Waals surface area contributed by atoms with Crippen molar-refractivity contribution in [2.24, 2.45) is 0 Å². The van der Waals surface area contributed by atoms with E-state index in [9.17, 15) is 14.7 Å². The molecule has 0 unspecified atom stereocenters. The van der Waals surface area contributed by atoms with Gasteiger partial charge in [-0.2, -0.15) is 0 Å². The number of carboxylic acids is 1. The lowest BCUT2D eigenvalue weighted by Gasteiger charge is -2.13. The number of unbranched alkanes of at least 4 members (excludes halogenated alkanes) is 1. The van der Waals surface area contributed by atoms with Gasteiger partial charge in [-0.05, 0) is 36.6 Å². The third-order valence-electron chi connectivity index (χ3n) is 3.06. The molecule has 2 N–H and O–H groups in total. The van der Waals surface area contributed by atoms with Crippen LogP contribution in [0.3, 0.4) is 0 Å². The lowest BCUT2D eigenvalue weighted by Crippen LogP contribution is -2.29. The van der Waals surface area contributed by atoms with Crippen LogP contribution in [0.1, 0.15) is 24.8 Å². The molecular formula is C15H15NO4S2. The number of aromatic hydroxyl groups is 1. The van der Waals surface area contributed by atoms with Gasteiger partial charge < -0.3 is 10.2 Å². The van der Waals surface area contributed by atoms with Gasteiger partial charge in [0.2, 0.25) is 0 Å². The van der Waals surface area contributed by atoms with Gasteiger partial charge in [0.25, 0.3) is 5.91 Å². The summed E-state index contributed by atoms with van der Waals surface area (Å²) < 4.78 is 0.478. The van der Waals surface area contributed by atoms with E-state index in [1.807, 2.05) is 0 Å². The topological polar surface area (TPSA) is 77.8 Å². The molecule has 1 amide bonds. The quantitative estimate of drug-likeness (QED) is 0.472. The Morgan fingerprint density at radius 1 is 1.36 bits per heavy atom. The van der Waals surface area contributed by atoms with Gasteiger partial charge in [0.15, 0.2) is 0 Å². The molecule has 1 aliphatic rings. The normalized spacial score (nSPS) is 16.5. The Morgan fingerprint density at radius 2 is 2.14 bits per heavy atom. The maximum absolute atomic E-state index is 12.3. The van der Waals surface area contributed by atoms with E-state index in [1.54, 1.807) is 30.3 Å². The number of hydrogen-bond acceptors (Lipinski definition) is 5. The zero-order valence-corrected chi connectivity index (χ0v) is 13.3. The minimum atomic E-state index is -0.839. The van der Waals surface area contributed by atoms with E-state index in [0.29, 0.717) is 28.6 Å². The van der Waals surface area contributed by atoms with E-state index in [4.69, 9.17) is 17.3 Å². The van der Waals surface area contributed by atoms with Crippen molar-refractivity contribution in [3.05, 3.63) is 34.7 Å². The Bertz CT molecular complexity index is 642. The third kappa shape index (κ3) is 4.32. The van der Waals surface area contributed by atoms with Gasteiger partial charge in [-0.15, -0.1) is 0 Å². The summed E-state index contributed by atoms with van der Waals surface area (Å²) in [4.78, 5) is 24.8. The number of benzene rings is 1. The van der Waals surface area contributed by atoms with Crippen LogP contribution in [0.2, 0.25) is 0 Å². The molecule has 0 saturated carbocycles. The van der Waals surface area contributed by atoms with Gasteiger partial charge in [0.1, 0.15) is 10.1 Å². The number of carbonyl (C=O) groups is 2. The second-order valence-corrected chi connectivity index (χ2v) is 6.45. The first-order valence-electron chi connectivity index (χ1n) is 6.73. The molecule has 0 bridgehead atoms. The van der Waals surface area contributed by atoms with Gasteiger partial charge in [-0.25, -0.2) is 0 Å². The summed E-state index contributed by atoms with van der Waals surface area (Å²) in [5.74, 6) is -0.874. The smallest absolute Gasteiger partial charge is 0.303 e. The molecule has 1 aliphatic heterocycles. The van der Waals surface area contributed by atoms with Crippen molar-refractivity contribution >= 4 is 46.3 Å². The molecule has 0 aromatic heterocycles. The Kier molecular flexibility index (Phi) is 5.57.